The minimum atomic E-state index is 0.650. The van der Waals surface area contributed by atoms with Crippen LogP contribution in [0.15, 0.2) is 199 Å². The normalized spacial score (nSPS) is 11.7. The molecule has 11 aromatic rings. The second kappa shape index (κ2) is 12.2. The Morgan fingerprint density at radius 2 is 1.02 bits per heavy atom. The van der Waals surface area contributed by atoms with Crippen molar-refractivity contribution >= 4 is 82.4 Å². The molecule has 0 saturated heterocycles. The van der Waals surface area contributed by atoms with Gasteiger partial charge < -0.3 is 9.32 Å². The summed E-state index contributed by atoms with van der Waals surface area (Å²) < 4.78 is 6.48. The standard InChI is InChI=1S/C51H32N2O/c1-4-17-41-33(11-1)14-10-21-42(41)35-15-9-16-39(29-35)53(40-27-28-46-48-31-37-13-3-8-22-49(37)52-51(48)54-50(46)32-40)38-25-23-34(24-26-38)47-30-36-12-2-5-18-43(36)44-19-6-7-20-45(44)47/h1-32H. The average molecular weight is 689 g/mol. The van der Waals surface area contributed by atoms with Crippen molar-refractivity contribution in [3.8, 4) is 22.3 Å². The topological polar surface area (TPSA) is 29.3 Å². The van der Waals surface area contributed by atoms with E-state index in [1.165, 1.54) is 49.0 Å². The number of nitrogens with zero attached hydrogens (tertiary/aromatic N) is 2. The highest BCUT2D eigenvalue weighted by molar-refractivity contribution is 6.14. The minimum Gasteiger partial charge on any atom is -0.438 e. The Hall–Kier alpha value is -7.23. The highest BCUT2D eigenvalue weighted by Gasteiger charge is 2.18. The Labute approximate surface area is 312 Å². The number of para-hydroxylation sites is 1. The number of furan rings is 1. The Morgan fingerprint density at radius 3 is 1.89 bits per heavy atom. The zero-order valence-electron chi connectivity index (χ0n) is 29.3. The second-order valence-electron chi connectivity index (χ2n) is 14.0. The summed E-state index contributed by atoms with van der Waals surface area (Å²) in [7, 11) is 0. The van der Waals surface area contributed by atoms with Crippen molar-refractivity contribution in [1.82, 2.24) is 4.98 Å². The van der Waals surface area contributed by atoms with Gasteiger partial charge in [0.2, 0.25) is 5.71 Å². The van der Waals surface area contributed by atoms with Gasteiger partial charge in [0.05, 0.1) is 5.52 Å². The quantitative estimate of drug-likeness (QED) is 0.169. The van der Waals surface area contributed by atoms with Crippen LogP contribution in [-0.2, 0) is 0 Å². The van der Waals surface area contributed by atoms with Crippen molar-refractivity contribution in [3.05, 3.63) is 194 Å². The maximum absolute atomic E-state index is 6.48. The first kappa shape index (κ1) is 30.4. The van der Waals surface area contributed by atoms with Gasteiger partial charge in [-0.05, 0) is 109 Å². The molecule has 2 aromatic heterocycles. The molecule has 0 aliphatic carbocycles. The fraction of sp³-hybridized carbons (Fsp3) is 0. The second-order valence-corrected chi connectivity index (χ2v) is 14.0. The number of benzene rings is 9. The Morgan fingerprint density at radius 1 is 0.352 bits per heavy atom. The third-order valence-electron chi connectivity index (χ3n) is 10.8. The van der Waals surface area contributed by atoms with Crippen molar-refractivity contribution < 1.29 is 4.42 Å². The van der Waals surface area contributed by atoms with Gasteiger partial charge in [0, 0.05) is 39.3 Å². The summed E-state index contributed by atoms with van der Waals surface area (Å²) in [6.45, 7) is 0. The third-order valence-corrected chi connectivity index (χ3v) is 10.8. The molecule has 0 spiro atoms. The van der Waals surface area contributed by atoms with E-state index in [1.54, 1.807) is 0 Å². The van der Waals surface area contributed by atoms with Crippen molar-refractivity contribution in [1.29, 1.82) is 0 Å². The van der Waals surface area contributed by atoms with Gasteiger partial charge in [0.15, 0.2) is 0 Å². The van der Waals surface area contributed by atoms with Crippen LogP contribution in [0, 0.1) is 0 Å². The van der Waals surface area contributed by atoms with Gasteiger partial charge in [0.25, 0.3) is 0 Å². The van der Waals surface area contributed by atoms with E-state index in [-0.39, 0.29) is 0 Å². The predicted molar refractivity (Wildman–Crippen MR) is 227 cm³/mol. The van der Waals surface area contributed by atoms with Crippen LogP contribution in [0.3, 0.4) is 0 Å². The van der Waals surface area contributed by atoms with E-state index in [9.17, 15) is 0 Å². The lowest BCUT2D eigenvalue weighted by molar-refractivity contribution is 0.656. The molecule has 0 bridgehead atoms. The number of aromatic nitrogens is 1. The summed E-state index contributed by atoms with van der Waals surface area (Å²) in [4.78, 5) is 7.20. The van der Waals surface area contributed by atoms with Crippen LogP contribution in [0.25, 0.3) is 87.5 Å². The van der Waals surface area contributed by atoms with Gasteiger partial charge in [0.1, 0.15) is 5.58 Å². The summed E-state index contributed by atoms with van der Waals surface area (Å²) in [5.41, 5.74) is 10.3. The molecule has 11 rings (SSSR count). The number of hydrogen-bond donors (Lipinski definition) is 0. The maximum atomic E-state index is 6.48. The predicted octanol–water partition coefficient (Wildman–Crippen LogP) is 14.4. The Bertz CT molecular complexity index is 3230. The molecule has 0 atom stereocenters. The number of fused-ring (bicyclic) bond motifs is 8. The van der Waals surface area contributed by atoms with E-state index < -0.39 is 0 Å². The molecule has 2 heterocycles. The highest BCUT2D eigenvalue weighted by atomic mass is 16.3. The first-order chi connectivity index (χ1) is 26.7. The van der Waals surface area contributed by atoms with Crippen molar-refractivity contribution in [2.45, 2.75) is 0 Å². The van der Waals surface area contributed by atoms with Gasteiger partial charge in [-0.15, -0.1) is 0 Å². The molecule has 0 unspecified atom stereocenters. The highest BCUT2D eigenvalue weighted by Crippen LogP contribution is 2.42. The van der Waals surface area contributed by atoms with E-state index >= 15 is 0 Å². The number of anilines is 3. The summed E-state index contributed by atoms with van der Waals surface area (Å²) in [5.74, 6) is 0. The largest absolute Gasteiger partial charge is 0.438 e. The molecule has 9 aromatic carbocycles. The van der Waals surface area contributed by atoms with Crippen LogP contribution in [0.2, 0.25) is 0 Å². The van der Waals surface area contributed by atoms with Crippen molar-refractivity contribution in [2.24, 2.45) is 0 Å². The van der Waals surface area contributed by atoms with Crippen LogP contribution in [-0.4, -0.2) is 4.98 Å². The summed E-state index contributed by atoms with van der Waals surface area (Å²) >= 11 is 0. The molecule has 0 saturated carbocycles. The molecule has 0 radical (unpaired) electrons. The number of rotatable bonds is 5. The molecule has 252 valence electrons. The molecule has 0 amide bonds. The van der Waals surface area contributed by atoms with Crippen LogP contribution >= 0.6 is 0 Å². The Kier molecular flexibility index (Phi) is 6.86. The zero-order valence-corrected chi connectivity index (χ0v) is 29.3. The molecule has 3 nitrogen and oxygen atoms in total. The van der Waals surface area contributed by atoms with Crippen LogP contribution < -0.4 is 4.90 Å². The first-order valence-electron chi connectivity index (χ1n) is 18.4. The number of pyridine rings is 1. The van der Waals surface area contributed by atoms with E-state index in [4.69, 9.17) is 9.40 Å². The first-order valence-corrected chi connectivity index (χ1v) is 18.4. The fourth-order valence-corrected chi connectivity index (χ4v) is 8.25. The van der Waals surface area contributed by atoms with Crippen LogP contribution in [0.4, 0.5) is 17.1 Å². The lowest BCUT2D eigenvalue weighted by Gasteiger charge is -2.26. The smallest absolute Gasteiger partial charge is 0.227 e. The summed E-state index contributed by atoms with van der Waals surface area (Å²) in [6, 6.07) is 69.6. The van der Waals surface area contributed by atoms with Gasteiger partial charge in [-0.1, -0.05) is 133 Å². The lowest BCUT2D eigenvalue weighted by Crippen LogP contribution is -2.10. The third kappa shape index (κ3) is 4.94. The number of hydrogen-bond acceptors (Lipinski definition) is 3. The molecule has 3 heteroatoms. The molecule has 0 aliphatic heterocycles. The van der Waals surface area contributed by atoms with Crippen molar-refractivity contribution in [2.75, 3.05) is 4.90 Å². The zero-order chi connectivity index (χ0) is 35.6. The fourth-order valence-electron chi connectivity index (χ4n) is 8.25. The average Bonchev–Trinajstić information content (AvgIpc) is 3.59. The van der Waals surface area contributed by atoms with Crippen molar-refractivity contribution in [3.63, 3.8) is 0 Å². The SMILES string of the molecule is c1cc(-c2cccc3ccccc23)cc(N(c2ccc(-c3cc4ccccc4c4ccccc34)cc2)c2ccc3c(c2)oc2nc4ccccc4cc23)c1. The molecular formula is C51H32N2O. The van der Waals surface area contributed by atoms with Gasteiger partial charge in [-0.2, -0.15) is 0 Å². The van der Waals surface area contributed by atoms with Crippen LogP contribution in [0.5, 0.6) is 0 Å². The van der Waals surface area contributed by atoms with Gasteiger partial charge in [-0.25, -0.2) is 4.98 Å². The summed E-state index contributed by atoms with van der Waals surface area (Å²) in [5, 5.41) is 10.7. The molecule has 54 heavy (non-hydrogen) atoms. The van der Waals surface area contributed by atoms with Crippen LogP contribution in [0.1, 0.15) is 0 Å². The monoisotopic (exact) mass is 688 g/mol. The molecular weight excluding hydrogens is 657 g/mol. The molecule has 0 aliphatic rings. The van der Waals surface area contributed by atoms with E-state index in [2.05, 4.69) is 181 Å². The minimum absolute atomic E-state index is 0.650. The Balaban J connectivity index is 1.08. The van der Waals surface area contributed by atoms with Gasteiger partial charge in [-0.3, -0.25) is 0 Å². The molecule has 0 N–H and O–H groups in total. The van der Waals surface area contributed by atoms with Gasteiger partial charge >= 0.3 is 0 Å². The van der Waals surface area contributed by atoms with E-state index in [0.29, 0.717) is 5.71 Å². The van der Waals surface area contributed by atoms with E-state index in [0.717, 1.165) is 49.9 Å². The maximum Gasteiger partial charge on any atom is 0.227 e. The molecule has 0 fully saturated rings. The lowest BCUT2D eigenvalue weighted by atomic mass is 9.93. The van der Waals surface area contributed by atoms with E-state index in [1.807, 2.05) is 18.2 Å². The summed E-state index contributed by atoms with van der Waals surface area (Å²) in [6.07, 6.45) is 0.